The monoisotopic (exact) mass is 241 g/mol. The van der Waals surface area contributed by atoms with Gasteiger partial charge in [-0.3, -0.25) is 18.9 Å². The van der Waals surface area contributed by atoms with Gasteiger partial charge < -0.3 is 9.97 Å². The molecule has 2 rings (SSSR count). The van der Waals surface area contributed by atoms with E-state index in [4.69, 9.17) is 4.55 Å². The third-order valence-electron chi connectivity index (χ3n) is 1.93. The van der Waals surface area contributed by atoms with Gasteiger partial charge >= 0.3 is 11.1 Å². The van der Waals surface area contributed by atoms with E-state index in [0.29, 0.717) is 16.7 Å². The Morgan fingerprint density at radius 2 is 1.75 bits per heavy atom. The summed E-state index contributed by atoms with van der Waals surface area (Å²) in [6.07, 6.45) is 0. The molecule has 0 saturated heterocycles. The van der Waals surface area contributed by atoms with Crippen LogP contribution in [0.25, 0.3) is 11.0 Å². The molecule has 7 nitrogen and oxygen atoms in total. The van der Waals surface area contributed by atoms with E-state index in [9.17, 15) is 13.8 Å². The van der Waals surface area contributed by atoms with Gasteiger partial charge in [-0.25, -0.2) is 4.21 Å². The van der Waals surface area contributed by atoms with Crippen molar-refractivity contribution in [3.63, 3.8) is 0 Å². The predicted octanol–water partition coefficient (Wildman–Crippen LogP) is -0.235. The van der Waals surface area contributed by atoms with Gasteiger partial charge in [-0.2, -0.15) is 0 Å². The summed E-state index contributed by atoms with van der Waals surface area (Å²) < 4.78 is 21.3. The summed E-state index contributed by atoms with van der Waals surface area (Å²) >= 11 is -2.18. The highest BCUT2D eigenvalue weighted by Crippen LogP contribution is 2.13. The van der Waals surface area contributed by atoms with Crippen LogP contribution < -0.4 is 15.8 Å². The van der Waals surface area contributed by atoms with E-state index in [-0.39, 0.29) is 0 Å². The van der Waals surface area contributed by atoms with Crippen LogP contribution in [0.2, 0.25) is 0 Å². The van der Waals surface area contributed by atoms with Crippen LogP contribution >= 0.6 is 0 Å². The van der Waals surface area contributed by atoms with E-state index in [1.54, 1.807) is 0 Å². The van der Waals surface area contributed by atoms with Gasteiger partial charge in [0, 0.05) is 0 Å². The maximum Gasteiger partial charge on any atom is 0.314 e. The average molecular weight is 241 g/mol. The van der Waals surface area contributed by atoms with Gasteiger partial charge in [0.25, 0.3) is 11.3 Å². The number of aromatic amines is 2. The van der Waals surface area contributed by atoms with Crippen LogP contribution in [0, 0.1) is 0 Å². The lowest BCUT2D eigenvalue weighted by atomic mass is 10.3. The second-order valence-electron chi connectivity index (χ2n) is 3.02. The zero-order valence-corrected chi connectivity index (χ0v) is 8.63. The van der Waals surface area contributed by atoms with Gasteiger partial charge in [0.15, 0.2) is 0 Å². The van der Waals surface area contributed by atoms with E-state index in [1.165, 1.54) is 18.2 Å². The van der Waals surface area contributed by atoms with Crippen LogP contribution in [0.3, 0.4) is 0 Å². The number of benzene rings is 1. The van der Waals surface area contributed by atoms with Gasteiger partial charge in [0.1, 0.15) is 0 Å². The summed E-state index contributed by atoms with van der Waals surface area (Å²) in [5.41, 5.74) is -0.330. The first-order chi connectivity index (χ1) is 7.56. The molecule has 0 aliphatic carbocycles. The van der Waals surface area contributed by atoms with Gasteiger partial charge in [-0.1, -0.05) is 0 Å². The first-order valence-corrected chi connectivity index (χ1v) is 5.31. The Bertz CT molecular complexity index is 675. The summed E-state index contributed by atoms with van der Waals surface area (Å²) in [5.74, 6) is 0. The summed E-state index contributed by atoms with van der Waals surface area (Å²) in [7, 11) is 0. The lowest BCUT2D eigenvalue weighted by molar-refractivity contribution is 0.570. The van der Waals surface area contributed by atoms with E-state index in [2.05, 4.69) is 14.7 Å². The van der Waals surface area contributed by atoms with Crippen molar-refractivity contribution in [3.05, 3.63) is 38.9 Å². The molecular weight excluding hydrogens is 234 g/mol. The Kier molecular flexibility index (Phi) is 2.59. The van der Waals surface area contributed by atoms with E-state index >= 15 is 0 Å². The molecule has 0 spiro atoms. The van der Waals surface area contributed by atoms with Crippen LogP contribution in [0.15, 0.2) is 27.8 Å². The maximum atomic E-state index is 11.0. The molecule has 0 amide bonds. The van der Waals surface area contributed by atoms with Crippen molar-refractivity contribution < 1.29 is 8.76 Å². The van der Waals surface area contributed by atoms with Crippen LogP contribution in [-0.2, 0) is 11.3 Å². The number of anilines is 1. The molecule has 1 heterocycles. The maximum absolute atomic E-state index is 11.0. The fraction of sp³-hybridized carbons (Fsp3) is 0. The lowest BCUT2D eigenvalue weighted by Gasteiger charge is -2.02. The quantitative estimate of drug-likeness (QED) is 0.429. The Hall–Kier alpha value is -1.93. The summed E-state index contributed by atoms with van der Waals surface area (Å²) in [5, 5.41) is 0. The smallest absolute Gasteiger partial charge is 0.314 e. The molecule has 0 fully saturated rings. The number of aromatic nitrogens is 2. The fourth-order valence-electron chi connectivity index (χ4n) is 1.28. The summed E-state index contributed by atoms with van der Waals surface area (Å²) in [6, 6.07) is 4.47. The van der Waals surface area contributed by atoms with Crippen molar-refractivity contribution >= 4 is 28.0 Å². The van der Waals surface area contributed by atoms with E-state index in [0.717, 1.165) is 0 Å². The second kappa shape index (κ2) is 3.91. The predicted molar refractivity (Wildman–Crippen MR) is 59.6 cm³/mol. The molecule has 4 N–H and O–H groups in total. The number of fused-ring (bicyclic) bond motifs is 1. The van der Waals surface area contributed by atoms with Crippen molar-refractivity contribution in [1.82, 2.24) is 9.97 Å². The van der Waals surface area contributed by atoms with E-state index < -0.39 is 22.4 Å². The molecule has 84 valence electrons. The minimum Gasteiger partial charge on any atom is -0.316 e. The molecule has 0 aliphatic rings. The highest BCUT2D eigenvalue weighted by molar-refractivity contribution is 7.80. The zero-order valence-electron chi connectivity index (χ0n) is 7.81. The van der Waals surface area contributed by atoms with E-state index in [1.807, 2.05) is 0 Å². The van der Waals surface area contributed by atoms with Gasteiger partial charge in [-0.15, -0.1) is 0 Å². The van der Waals surface area contributed by atoms with Crippen molar-refractivity contribution in [2.45, 2.75) is 0 Å². The third-order valence-corrected chi connectivity index (χ3v) is 2.34. The molecule has 0 bridgehead atoms. The van der Waals surface area contributed by atoms with Gasteiger partial charge in [0.2, 0.25) is 0 Å². The highest BCUT2D eigenvalue weighted by atomic mass is 32.2. The Morgan fingerprint density at radius 1 is 1.12 bits per heavy atom. The third kappa shape index (κ3) is 2.02. The Morgan fingerprint density at radius 3 is 2.38 bits per heavy atom. The normalized spacial score (nSPS) is 12.6. The van der Waals surface area contributed by atoms with Gasteiger partial charge in [0.05, 0.1) is 16.7 Å². The molecule has 2 aromatic rings. The van der Waals surface area contributed by atoms with Crippen molar-refractivity contribution in [2.75, 3.05) is 4.72 Å². The van der Waals surface area contributed by atoms with Crippen molar-refractivity contribution in [2.24, 2.45) is 0 Å². The van der Waals surface area contributed by atoms with Crippen LogP contribution in [0.4, 0.5) is 5.69 Å². The Balaban J connectivity index is 2.62. The molecule has 0 aliphatic heterocycles. The molecule has 8 heteroatoms. The van der Waals surface area contributed by atoms with Crippen LogP contribution in [0.5, 0.6) is 0 Å². The highest BCUT2D eigenvalue weighted by Gasteiger charge is 2.01. The molecule has 0 radical (unpaired) electrons. The zero-order chi connectivity index (χ0) is 11.7. The fourth-order valence-corrected chi connectivity index (χ4v) is 1.61. The molecule has 1 unspecified atom stereocenters. The summed E-state index contributed by atoms with van der Waals surface area (Å²) in [4.78, 5) is 26.8. The number of H-pyrrole nitrogens is 2. The summed E-state index contributed by atoms with van der Waals surface area (Å²) in [6.45, 7) is 0. The van der Waals surface area contributed by atoms with Crippen LogP contribution in [0.1, 0.15) is 0 Å². The first-order valence-electron chi connectivity index (χ1n) is 4.20. The molecule has 1 atom stereocenters. The Labute approximate surface area is 90.9 Å². The first kappa shape index (κ1) is 10.6. The molecular formula is C8H7N3O4S. The molecule has 1 aromatic carbocycles. The topological polar surface area (TPSA) is 115 Å². The van der Waals surface area contributed by atoms with Crippen LogP contribution in [-0.4, -0.2) is 18.7 Å². The number of hydrogen-bond donors (Lipinski definition) is 4. The minimum atomic E-state index is -2.18. The SMILES string of the molecule is O=c1[nH]c2ccc(NS(=O)O)cc2[nH]c1=O. The van der Waals surface area contributed by atoms with Gasteiger partial charge in [-0.05, 0) is 18.2 Å². The molecule has 1 aromatic heterocycles. The number of nitrogens with one attached hydrogen (secondary N) is 3. The standard InChI is InChI=1S/C8H7N3O4S/c12-7-8(13)10-6-3-4(11-16(14)15)1-2-5(6)9-7/h1-3,11H,(H,9,12)(H,10,13)(H,14,15). The molecule has 0 saturated carbocycles. The lowest BCUT2D eigenvalue weighted by Crippen LogP contribution is -2.28. The number of hydrogen-bond acceptors (Lipinski definition) is 3. The number of rotatable bonds is 2. The average Bonchev–Trinajstić information content (AvgIpc) is 2.19. The minimum absolute atomic E-state index is 0.357. The van der Waals surface area contributed by atoms with Crippen molar-refractivity contribution in [1.29, 1.82) is 0 Å². The largest absolute Gasteiger partial charge is 0.316 e. The second-order valence-corrected chi connectivity index (χ2v) is 3.72. The van der Waals surface area contributed by atoms with Crippen molar-refractivity contribution in [3.8, 4) is 0 Å². The molecule has 16 heavy (non-hydrogen) atoms.